The lowest BCUT2D eigenvalue weighted by Gasteiger charge is -2.24. The number of fused-ring (bicyclic) bond motifs is 2. The zero-order chi connectivity index (χ0) is 20.8. The van der Waals surface area contributed by atoms with Crippen LogP contribution in [0, 0.1) is 11.6 Å². The Kier molecular flexibility index (Phi) is 4.37. The van der Waals surface area contributed by atoms with Crippen LogP contribution in [-0.4, -0.2) is 10.6 Å². The first kappa shape index (κ1) is 18.5. The van der Waals surface area contributed by atoms with Gasteiger partial charge in [-0.2, -0.15) is 0 Å². The van der Waals surface area contributed by atoms with E-state index >= 15 is 0 Å². The Morgan fingerprint density at radius 1 is 0.533 bits per heavy atom. The van der Waals surface area contributed by atoms with Crippen molar-refractivity contribution < 1.29 is 13.6 Å². The Bertz CT molecular complexity index is 1220. The lowest BCUT2D eigenvalue weighted by Crippen LogP contribution is -2.22. The lowest BCUT2D eigenvalue weighted by atomic mass is 9.78. The van der Waals surface area contributed by atoms with Gasteiger partial charge in [-0.1, -0.05) is 72.9 Å². The van der Waals surface area contributed by atoms with Gasteiger partial charge in [0.15, 0.2) is 5.78 Å². The summed E-state index contributed by atoms with van der Waals surface area (Å²) in [5.74, 6) is -0.784. The molecule has 0 heterocycles. The zero-order valence-corrected chi connectivity index (χ0v) is 16.5. The number of benzene rings is 4. The minimum Gasteiger partial charge on any atom is -0.289 e. The van der Waals surface area contributed by atoms with E-state index in [4.69, 9.17) is 12.2 Å². The molecule has 30 heavy (non-hydrogen) atoms. The second-order valence-electron chi connectivity index (χ2n) is 7.13. The number of carbonyl (C=O) groups is 1. The Morgan fingerprint density at radius 2 is 0.967 bits per heavy atom. The molecule has 0 bridgehead atoms. The highest BCUT2D eigenvalue weighted by molar-refractivity contribution is 7.81. The van der Waals surface area contributed by atoms with Crippen molar-refractivity contribution in [2.75, 3.05) is 0 Å². The van der Waals surface area contributed by atoms with Crippen LogP contribution in [0.25, 0.3) is 22.3 Å². The van der Waals surface area contributed by atoms with E-state index in [1.165, 1.54) is 24.3 Å². The molecule has 0 spiro atoms. The maximum absolute atomic E-state index is 13.6. The van der Waals surface area contributed by atoms with Crippen LogP contribution in [0.1, 0.15) is 27.0 Å². The van der Waals surface area contributed by atoms with E-state index in [9.17, 15) is 13.6 Å². The van der Waals surface area contributed by atoms with E-state index in [0.717, 1.165) is 22.3 Å². The maximum atomic E-state index is 13.6. The molecule has 0 aromatic heterocycles. The summed E-state index contributed by atoms with van der Waals surface area (Å²) < 4.78 is 26.8. The van der Waals surface area contributed by atoms with Gasteiger partial charge in [0.2, 0.25) is 0 Å². The average molecular weight is 412 g/mol. The normalized spacial score (nSPS) is 12.5. The van der Waals surface area contributed by atoms with Gasteiger partial charge in [-0.05, 0) is 46.5 Å². The molecule has 0 amide bonds. The Hall–Kier alpha value is -3.50. The molecule has 1 aliphatic rings. The average Bonchev–Trinajstić information content (AvgIpc) is 2.77. The minimum absolute atomic E-state index is 0.127. The van der Waals surface area contributed by atoms with Gasteiger partial charge in [0.1, 0.15) is 11.6 Å². The molecule has 5 rings (SSSR count). The Labute approximate surface area is 177 Å². The molecule has 0 saturated carbocycles. The molecular formula is C26H14F2OS. The first-order valence-corrected chi connectivity index (χ1v) is 9.83. The summed E-state index contributed by atoms with van der Waals surface area (Å²) in [7, 11) is 0. The molecule has 1 aliphatic carbocycles. The fourth-order valence-corrected chi connectivity index (χ4v) is 4.37. The highest BCUT2D eigenvalue weighted by atomic mass is 32.1. The van der Waals surface area contributed by atoms with Crippen LogP contribution < -0.4 is 0 Å². The summed E-state index contributed by atoms with van der Waals surface area (Å²) in [5, 5.41) is 0. The molecule has 4 aromatic carbocycles. The maximum Gasteiger partial charge on any atom is 0.194 e. The molecule has 0 saturated heterocycles. The van der Waals surface area contributed by atoms with Crippen molar-refractivity contribution in [3.8, 4) is 22.3 Å². The topological polar surface area (TPSA) is 17.1 Å². The van der Waals surface area contributed by atoms with Crippen molar-refractivity contribution in [3.05, 3.63) is 119 Å². The van der Waals surface area contributed by atoms with Crippen LogP contribution in [0.2, 0.25) is 0 Å². The lowest BCUT2D eigenvalue weighted by molar-refractivity contribution is 0.103. The third-order valence-corrected chi connectivity index (χ3v) is 5.81. The fraction of sp³-hybridized carbons (Fsp3) is 0. The van der Waals surface area contributed by atoms with Crippen molar-refractivity contribution >= 4 is 22.9 Å². The summed E-state index contributed by atoms with van der Waals surface area (Å²) in [5.41, 5.74) is 5.47. The molecule has 4 heteroatoms. The molecule has 0 atom stereocenters. The predicted octanol–water partition coefficient (Wildman–Crippen LogP) is 6.61. The van der Waals surface area contributed by atoms with Gasteiger partial charge >= 0.3 is 0 Å². The van der Waals surface area contributed by atoms with Gasteiger partial charge in [-0.15, -0.1) is 0 Å². The highest BCUT2D eigenvalue weighted by Gasteiger charge is 2.31. The Morgan fingerprint density at radius 3 is 1.50 bits per heavy atom. The van der Waals surface area contributed by atoms with Crippen LogP contribution in [0.4, 0.5) is 8.78 Å². The third kappa shape index (κ3) is 2.88. The molecule has 4 aromatic rings. The van der Waals surface area contributed by atoms with Crippen LogP contribution in [-0.2, 0) is 0 Å². The highest BCUT2D eigenvalue weighted by Crippen LogP contribution is 2.38. The molecule has 0 unspecified atom stereocenters. The number of carbonyl (C=O) groups excluding carboxylic acids is 1. The zero-order valence-electron chi connectivity index (χ0n) is 15.7. The van der Waals surface area contributed by atoms with Gasteiger partial charge in [0.05, 0.1) is 4.86 Å². The van der Waals surface area contributed by atoms with Gasteiger partial charge < -0.3 is 0 Å². The molecule has 0 N–H and O–H groups in total. The van der Waals surface area contributed by atoms with E-state index in [1.54, 1.807) is 30.3 Å². The van der Waals surface area contributed by atoms with Crippen molar-refractivity contribution in [1.82, 2.24) is 0 Å². The van der Waals surface area contributed by atoms with Gasteiger partial charge in [-0.3, -0.25) is 4.79 Å². The van der Waals surface area contributed by atoms with Crippen LogP contribution in [0.5, 0.6) is 0 Å². The number of rotatable bonds is 2. The van der Waals surface area contributed by atoms with Gasteiger partial charge in [0.25, 0.3) is 0 Å². The summed E-state index contributed by atoms with van der Waals surface area (Å²) >= 11 is 5.83. The minimum atomic E-state index is -0.334. The summed E-state index contributed by atoms with van der Waals surface area (Å²) in [6, 6.07) is 23.2. The fourth-order valence-electron chi connectivity index (χ4n) is 3.98. The monoisotopic (exact) mass is 412 g/mol. The molecule has 144 valence electrons. The second kappa shape index (κ2) is 7.08. The first-order chi connectivity index (χ1) is 14.5. The van der Waals surface area contributed by atoms with Crippen LogP contribution in [0.3, 0.4) is 0 Å². The van der Waals surface area contributed by atoms with Gasteiger partial charge in [0, 0.05) is 22.3 Å². The number of ketones is 1. The summed E-state index contributed by atoms with van der Waals surface area (Å²) in [4.78, 5) is 14.1. The van der Waals surface area contributed by atoms with Crippen LogP contribution >= 0.6 is 12.2 Å². The second-order valence-corrected chi connectivity index (χ2v) is 7.54. The van der Waals surface area contributed by atoms with Crippen molar-refractivity contribution in [2.24, 2.45) is 0 Å². The molecule has 0 fully saturated rings. The van der Waals surface area contributed by atoms with E-state index < -0.39 is 0 Å². The first-order valence-electron chi connectivity index (χ1n) is 9.42. The number of hydrogen-bond acceptors (Lipinski definition) is 2. The molecular weight excluding hydrogens is 398 g/mol. The molecule has 1 nitrogen and oxygen atoms in total. The Balaban J connectivity index is 1.73. The van der Waals surface area contributed by atoms with E-state index in [0.29, 0.717) is 27.1 Å². The summed E-state index contributed by atoms with van der Waals surface area (Å²) in [6.45, 7) is 0. The van der Waals surface area contributed by atoms with Crippen molar-refractivity contribution in [2.45, 2.75) is 0 Å². The third-order valence-electron chi connectivity index (χ3n) is 5.38. The SMILES string of the molecule is O=C1c2cccc(-c3ccc(F)cc3)c2C(=S)c2cccc(-c3ccc(F)cc3)c21. The van der Waals surface area contributed by atoms with Crippen molar-refractivity contribution in [3.63, 3.8) is 0 Å². The smallest absolute Gasteiger partial charge is 0.194 e. The number of thiocarbonyl (C=S) groups is 1. The standard InChI is InChI=1S/C26H14F2OS/c27-17-11-7-15(8-12-17)19-3-2-6-22-23(19)25(29)21-5-1-4-20(24(21)26(22)30)16-9-13-18(28)14-10-16/h1-14H. The molecule has 0 radical (unpaired) electrons. The predicted molar refractivity (Wildman–Crippen MR) is 118 cm³/mol. The van der Waals surface area contributed by atoms with Gasteiger partial charge in [-0.25, -0.2) is 8.78 Å². The number of halogens is 2. The van der Waals surface area contributed by atoms with Crippen LogP contribution in [0.15, 0.2) is 84.9 Å². The van der Waals surface area contributed by atoms with E-state index in [1.807, 2.05) is 30.3 Å². The summed E-state index contributed by atoms with van der Waals surface area (Å²) in [6.07, 6.45) is 0. The quantitative estimate of drug-likeness (QED) is 0.304. The van der Waals surface area contributed by atoms with E-state index in [-0.39, 0.29) is 17.4 Å². The van der Waals surface area contributed by atoms with E-state index in [2.05, 4.69) is 0 Å². The largest absolute Gasteiger partial charge is 0.289 e. The van der Waals surface area contributed by atoms with Crippen molar-refractivity contribution in [1.29, 1.82) is 0 Å². The number of hydrogen-bond donors (Lipinski definition) is 0. The molecule has 0 aliphatic heterocycles.